The summed E-state index contributed by atoms with van der Waals surface area (Å²) in [4.78, 5) is 0. The van der Waals surface area contributed by atoms with E-state index in [1.165, 1.54) is 11.8 Å². The van der Waals surface area contributed by atoms with Crippen LogP contribution in [0.2, 0.25) is 0 Å². The first-order valence-electron chi connectivity index (χ1n) is 11.6. The number of nitrogens with two attached hydrogens (primary N) is 1. The van der Waals surface area contributed by atoms with E-state index in [1.54, 1.807) is 28.9 Å². The minimum absolute atomic E-state index is 0.00853. The molecule has 5 rings (SSSR count). The number of hydrogen-bond acceptors (Lipinski definition) is 9. The number of rotatable bonds is 7. The molecule has 1 saturated heterocycles. The maximum Gasteiger partial charge on any atom is 0.214 e. The lowest BCUT2D eigenvalue weighted by Gasteiger charge is -2.41. The van der Waals surface area contributed by atoms with E-state index in [1.807, 2.05) is 48.5 Å². The first-order chi connectivity index (χ1) is 17.5. The van der Waals surface area contributed by atoms with Gasteiger partial charge in [-0.1, -0.05) is 55.1 Å². The molecule has 0 unspecified atom stereocenters. The molecule has 1 fully saturated rings. The Bertz CT molecular complexity index is 1300. The van der Waals surface area contributed by atoms with Crippen LogP contribution >= 0.6 is 11.8 Å². The van der Waals surface area contributed by atoms with E-state index in [9.17, 15) is 10.2 Å². The predicted molar refractivity (Wildman–Crippen MR) is 135 cm³/mol. The first kappa shape index (κ1) is 24.3. The molecule has 0 radical (unpaired) electrons. The summed E-state index contributed by atoms with van der Waals surface area (Å²) in [5.74, 6) is 0.788. The molecule has 3 aromatic carbocycles. The van der Waals surface area contributed by atoms with Crippen molar-refractivity contribution in [1.29, 1.82) is 0 Å². The number of nitrogen functional groups attached to an aromatic ring is 1. The number of hydrogen-bond donors (Lipinski definition) is 3. The summed E-state index contributed by atoms with van der Waals surface area (Å²) >= 11 is 1.49. The van der Waals surface area contributed by atoms with Crippen molar-refractivity contribution in [2.75, 3.05) is 11.5 Å². The van der Waals surface area contributed by atoms with E-state index < -0.39 is 6.29 Å². The van der Waals surface area contributed by atoms with Crippen molar-refractivity contribution >= 4 is 17.4 Å². The Labute approximate surface area is 212 Å². The van der Waals surface area contributed by atoms with Crippen LogP contribution in [0.15, 0.2) is 78.0 Å². The average Bonchev–Trinajstić information content (AvgIpc) is 3.37. The number of ether oxygens (including phenoxy) is 2. The monoisotopic (exact) mass is 505 g/mol. The van der Waals surface area contributed by atoms with Gasteiger partial charge in [-0.2, -0.15) is 4.68 Å². The van der Waals surface area contributed by atoms with Crippen molar-refractivity contribution < 1.29 is 19.7 Å². The van der Waals surface area contributed by atoms with Crippen LogP contribution in [0.5, 0.6) is 5.75 Å². The van der Waals surface area contributed by atoms with Crippen molar-refractivity contribution in [2.45, 2.75) is 37.2 Å². The fourth-order valence-electron chi connectivity index (χ4n) is 4.20. The van der Waals surface area contributed by atoms with Crippen LogP contribution in [0.1, 0.15) is 36.0 Å². The van der Waals surface area contributed by atoms with Crippen molar-refractivity contribution in [3.8, 4) is 11.4 Å². The normalized spacial score (nSPS) is 21.9. The number of benzene rings is 3. The topological polar surface area (TPSA) is 129 Å². The van der Waals surface area contributed by atoms with E-state index in [-0.39, 0.29) is 30.5 Å². The highest BCUT2D eigenvalue weighted by Crippen LogP contribution is 2.43. The van der Waals surface area contributed by atoms with Crippen LogP contribution in [-0.4, -0.2) is 42.3 Å². The fraction of sp³-hybridized carbons (Fsp3) is 0.269. The van der Waals surface area contributed by atoms with Gasteiger partial charge in [-0.15, -0.1) is 5.10 Å². The van der Waals surface area contributed by atoms with Gasteiger partial charge in [-0.05, 0) is 58.0 Å². The van der Waals surface area contributed by atoms with E-state index >= 15 is 0 Å². The van der Waals surface area contributed by atoms with Crippen molar-refractivity contribution in [3.63, 3.8) is 0 Å². The van der Waals surface area contributed by atoms with Crippen LogP contribution < -0.4 is 5.73 Å². The zero-order chi connectivity index (χ0) is 25.1. The lowest BCUT2D eigenvalue weighted by Crippen LogP contribution is -2.38. The molecule has 4 N–H and O–H groups in total. The third kappa shape index (κ3) is 5.21. The largest absolute Gasteiger partial charge is 0.508 e. The van der Waals surface area contributed by atoms with Gasteiger partial charge in [0.05, 0.1) is 24.5 Å². The maximum atomic E-state index is 9.60. The Morgan fingerprint density at radius 1 is 1.00 bits per heavy atom. The van der Waals surface area contributed by atoms with Crippen LogP contribution in [-0.2, 0) is 16.1 Å². The Kier molecular flexibility index (Phi) is 7.19. The number of phenols is 1. The molecule has 2 heterocycles. The van der Waals surface area contributed by atoms with Gasteiger partial charge in [0.15, 0.2) is 6.29 Å². The Morgan fingerprint density at radius 3 is 2.50 bits per heavy atom. The summed E-state index contributed by atoms with van der Waals surface area (Å²) in [6.45, 7) is 2.10. The molecule has 0 bridgehead atoms. The summed E-state index contributed by atoms with van der Waals surface area (Å²) in [6.07, 6.45) is -0.995. The third-order valence-corrected chi connectivity index (χ3v) is 7.23. The lowest BCUT2D eigenvalue weighted by atomic mass is 9.91. The zero-order valence-electron chi connectivity index (χ0n) is 19.6. The smallest absolute Gasteiger partial charge is 0.214 e. The number of phenolic OH excluding ortho intramolecular Hbond substituents is 1. The van der Waals surface area contributed by atoms with Gasteiger partial charge in [0.1, 0.15) is 5.75 Å². The van der Waals surface area contributed by atoms with E-state index in [4.69, 9.17) is 15.2 Å². The maximum absolute atomic E-state index is 9.60. The second-order valence-corrected chi connectivity index (χ2v) is 9.68. The molecule has 0 saturated carbocycles. The summed E-state index contributed by atoms with van der Waals surface area (Å²) in [5.41, 5.74) is 10.1. The number of aromatic nitrogens is 4. The van der Waals surface area contributed by atoms with Gasteiger partial charge in [-0.3, -0.25) is 0 Å². The Hall–Kier alpha value is -3.44. The molecule has 1 aliphatic heterocycles. The van der Waals surface area contributed by atoms with Gasteiger partial charge < -0.3 is 25.4 Å². The second-order valence-electron chi connectivity index (χ2n) is 8.69. The van der Waals surface area contributed by atoms with E-state index in [0.717, 1.165) is 22.4 Å². The van der Waals surface area contributed by atoms with E-state index in [2.05, 4.69) is 22.4 Å². The summed E-state index contributed by atoms with van der Waals surface area (Å²) in [6, 6.07) is 22.0. The molecule has 4 atom stereocenters. The summed E-state index contributed by atoms with van der Waals surface area (Å²) in [5, 5.41) is 31.8. The SMILES string of the molecule is C[C@H]1[C@@H](CSc2nnnn2-c2ccc(O)cc2)O[C@@H](c2cccc(N)c2)O[C@H]1c1ccc(CO)cc1. The van der Waals surface area contributed by atoms with Crippen molar-refractivity contribution in [3.05, 3.63) is 89.5 Å². The molecular formula is C26H27N5O4S. The molecule has 1 aromatic heterocycles. The highest BCUT2D eigenvalue weighted by atomic mass is 32.2. The number of anilines is 1. The van der Waals surface area contributed by atoms with Crippen LogP contribution in [0.25, 0.3) is 5.69 Å². The molecule has 0 spiro atoms. The Balaban J connectivity index is 1.39. The number of aromatic hydroxyl groups is 1. The average molecular weight is 506 g/mol. The van der Waals surface area contributed by atoms with Crippen molar-refractivity contribution in [2.24, 2.45) is 5.92 Å². The second kappa shape index (κ2) is 10.7. The number of thioether (sulfide) groups is 1. The van der Waals surface area contributed by atoms with Gasteiger partial charge in [0.2, 0.25) is 5.16 Å². The molecule has 186 valence electrons. The van der Waals surface area contributed by atoms with Crippen LogP contribution in [0.3, 0.4) is 0 Å². The van der Waals surface area contributed by atoms with Gasteiger partial charge in [0.25, 0.3) is 0 Å². The number of aliphatic hydroxyl groups excluding tert-OH is 1. The molecule has 4 aromatic rings. The first-order valence-corrected chi connectivity index (χ1v) is 12.6. The van der Waals surface area contributed by atoms with Crippen LogP contribution in [0.4, 0.5) is 5.69 Å². The summed E-state index contributed by atoms with van der Waals surface area (Å²) in [7, 11) is 0. The van der Waals surface area contributed by atoms with Gasteiger partial charge in [-0.25, -0.2) is 0 Å². The number of nitrogens with zero attached hydrogens (tertiary/aromatic N) is 4. The fourth-order valence-corrected chi connectivity index (χ4v) is 5.25. The van der Waals surface area contributed by atoms with E-state index in [0.29, 0.717) is 16.6 Å². The lowest BCUT2D eigenvalue weighted by molar-refractivity contribution is -0.268. The quantitative estimate of drug-likeness (QED) is 0.252. The molecular weight excluding hydrogens is 478 g/mol. The molecule has 0 amide bonds. The summed E-state index contributed by atoms with van der Waals surface area (Å²) < 4.78 is 14.5. The van der Waals surface area contributed by atoms with Crippen molar-refractivity contribution in [1.82, 2.24) is 20.2 Å². The number of tetrazole rings is 1. The zero-order valence-corrected chi connectivity index (χ0v) is 20.5. The van der Waals surface area contributed by atoms with Crippen LogP contribution in [0, 0.1) is 5.92 Å². The third-order valence-electron chi connectivity index (χ3n) is 6.22. The predicted octanol–water partition coefficient (Wildman–Crippen LogP) is 4.03. The highest BCUT2D eigenvalue weighted by molar-refractivity contribution is 7.99. The molecule has 1 aliphatic rings. The molecule has 36 heavy (non-hydrogen) atoms. The highest BCUT2D eigenvalue weighted by Gasteiger charge is 2.38. The minimum atomic E-state index is -0.592. The standard InChI is InChI=1S/C26H27N5O4S/c1-16-23(15-36-26-28-29-30-31(26)21-9-11-22(33)12-10-21)34-25(19-3-2-4-20(27)13-19)35-24(16)18-7-5-17(14-32)6-8-18/h2-13,16,23-25,32-33H,14-15,27H2,1H3/t16-,23+,24+,25+/m0/s1. The van der Waals surface area contributed by atoms with Gasteiger partial charge >= 0.3 is 0 Å². The Morgan fingerprint density at radius 2 is 1.78 bits per heavy atom. The molecule has 9 nitrogen and oxygen atoms in total. The minimum Gasteiger partial charge on any atom is -0.508 e. The molecule has 0 aliphatic carbocycles. The number of aliphatic hydroxyl groups is 1. The van der Waals surface area contributed by atoms with Gasteiger partial charge in [0, 0.05) is 22.9 Å². The molecule has 10 heteroatoms.